The zero-order chi connectivity index (χ0) is 30.2. The van der Waals surface area contributed by atoms with Crippen molar-refractivity contribution in [1.29, 1.82) is 0 Å². The molecule has 0 aliphatic carbocycles. The van der Waals surface area contributed by atoms with Crippen LogP contribution in [0.1, 0.15) is 61.3 Å². The van der Waals surface area contributed by atoms with Crippen LogP contribution in [0.25, 0.3) is 10.9 Å². The van der Waals surface area contributed by atoms with Crippen molar-refractivity contribution in [1.82, 2.24) is 4.57 Å². The summed E-state index contributed by atoms with van der Waals surface area (Å²) < 4.78 is 8.37. The van der Waals surface area contributed by atoms with Gasteiger partial charge in [-0.15, -0.1) is 0 Å². The minimum atomic E-state index is -1.11. The second-order valence-corrected chi connectivity index (χ2v) is 12.1. The topological polar surface area (TPSA) is 97.6 Å². The van der Waals surface area contributed by atoms with Gasteiger partial charge in [0.05, 0.1) is 11.5 Å². The molecule has 1 unspecified atom stereocenters. The Bertz CT molecular complexity index is 1650. The van der Waals surface area contributed by atoms with Gasteiger partial charge in [0.1, 0.15) is 5.75 Å². The summed E-state index contributed by atoms with van der Waals surface area (Å²) in [5.74, 6) is -0.661. The highest BCUT2D eigenvalue weighted by Crippen LogP contribution is 2.36. The number of ether oxygens (including phenoxy) is 1. The van der Waals surface area contributed by atoms with Gasteiger partial charge in [0.2, 0.25) is 0 Å². The Balaban J connectivity index is 1.60. The molecule has 0 fully saturated rings. The van der Waals surface area contributed by atoms with Crippen LogP contribution in [-0.4, -0.2) is 39.4 Å². The van der Waals surface area contributed by atoms with E-state index in [1.54, 1.807) is 20.8 Å². The normalized spacial score (nSPS) is 15.2. The third-order valence-electron chi connectivity index (χ3n) is 8.01. The van der Waals surface area contributed by atoms with E-state index in [1.807, 2.05) is 71.3 Å². The van der Waals surface area contributed by atoms with E-state index >= 15 is 0 Å². The van der Waals surface area contributed by atoms with Crippen LogP contribution in [-0.2, 0) is 29.0 Å². The number of hydrogen-bond donors (Lipinski definition) is 2. The SMILES string of the molecule is CCC(=O)c1c(CC(C)(C)C(=O)O)n(Cc2ccc(Cl)cc2)c2ccc(O[C@H](C(C)=O)C3Cc4ccccc4N3)cc12. The molecule has 1 aromatic heterocycles. The molecule has 0 saturated carbocycles. The average Bonchev–Trinajstić information content (AvgIpc) is 3.50. The zero-order valence-electron chi connectivity index (χ0n) is 24.2. The monoisotopic (exact) mass is 586 g/mol. The van der Waals surface area contributed by atoms with Crippen molar-refractivity contribution in [3.63, 3.8) is 0 Å². The van der Waals surface area contributed by atoms with E-state index in [9.17, 15) is 19.5 Å². The van der Waals surface area contributed by atoms with Crippen LogP contribution in [0.5, 0.6) is 5.75 Å². The van der Waals surface area contributed by atoms with E-state index in [1.165, 1.54) is 6.92 Å². The Kier molecular flexibility index (Phi) is 8.15. The first-order valence-electron chi connectivity index (χ1n) is 14.2. The fourth-order valence-corrected chi connectivity index (χ4v) is 5.81. The van der Waals surface area contributed by atoms with Crippen LogP contribution in [0.3, 0.4) is 0 Å². The average molecular weight is 587 g/mol. The van der Waals surface area contributed by atoms with E-state index in [-0.39, 0.29) is 30.4 Å². The van der Waals surface area contributed by atoms with Crippen LogP contribution in [0.2, 0.25) is 5.02 Å². The molecule has 0 saturated heterocycles. The standard InChI is InChI=1S/C34H35ClN2O5/c1-5-30(39)31-25-17-24(42-32(20(2)38)27-16-22-8-6-7-9-26(22)36-27)14-15-28(25)37(19-21-10-12-23(35)13-11-21)29(31)18-34(3,4)33(40)41/h6-15,17,27,32,36H,5,16,18-19H2,1-4H3,(H,40,41)/t27?,32-/m1/s1. The molecule has 2 atom stereocenters. The number of aliphatic carboxylic acids is 1. The lowest BCUT2D eigenvalue weighted by Gasteiger charge is -2.23. The predicted octanol–water partition coefficient (Wildman–Crippen LogP) is 6.96. The van der Waals surface area contributed by atoms with Crippen LogP contribution in [0.4, 0.5) is 5.69 Å². The molecule has 7 nitrogen and oxygen atoms in total. The number of aromatic nitrogens is 1. The highest BCUT2D eigenvalue weighted by molar-refractivity contribution is 6.30. The molecule has 0 bridgehead atoms. The summed E-state index contributed by atoms with van der Waals surface area (Å²) in [6.07, 6.45) is 0.337. The number of nitrogens with one attached hydrogen (secondary N) is 1. The lowest BCUT2D eigenvalue weighted by molar-refractivity contribution is -0.146. The number of fused-ring (bicyclic) bond motifs is 2. The fraction of sp³-hybridized carbons (Fsp3) is 0.324. The number of carbonyl (C=O) groups excluding carboxylic acids is 2. The number of ketones is 2. The molecular formula is C34H35ClN2O5. The van der Waals surface area contributed by atoms with Crippen molar-refractivity contribution in [2.45, 2.75) is 65.6 Å². The summed E-state index contributed by atoms with van der Waals surface area (Å²) in [7, 11) is 0. The van der Waals surface area contributed by atoms with Gasteiger partial charge in [-0.3, -0.25) is 14.4 Å². The minimum absolute atomic E-state index is 0.0841. The van der Waals surface area contributed by atoms with E-state index < -0.39 is 17.5 Å². The number of halogens is 1. The van der Waals surface area contributed by atoms with Gasteiger partial charge in [-0.1, -0.05) is 48.9 Å². The van der Waals surface area contributed by atoms with Crippen LogP contribution in [0, 0.1) is 5.41 Å². The number of nitrogens with zero attached hydrogens (tertiary/aromatic N) is 1. The van der Waals surface area contributed by atoms with E-state index in [0.29, 0.717) is 40.4 Å². The van der Waals surface area contributed by atoms with Crippen LogP contribution < -0.4 is 10.1 Å². The molecule has 218 valence electrons. The summed E-state index contributed by atoms with van der Waals surface area (Å²) >= 11 is 6.12. The van der Waals surface area contributed by atoms with Gasteiger partial charge in [-0.25, -0.2) is 0 Å². The smallest absolute Gasteiger partial charge is 0.309 e. The molecule has 0 radical (unpaired) electrons. The Hall–Kier alpha value is -4.10. The number of rotatable bonds is 11. The Morgan fingerprint density at radius 1 is 1.10 bits per heavy atom. The first kappa shape index (κ1) is 29.4. The molecule has 2 N–H and O–H groups in total. The summed E-state index contributed by atoms with van der Waals surface area (Å²) in [5, 5.41) is 14.7. The van der Waals surface area contributed by atoms with Gasteiger partial charge in [0.25, 0.3) is 0 Å². The molecular weight excluding hydrogens is 552 g/mol. The van der Waals surface area contributed by atoms with Gasteiger partial charge in [-0.2, -0.15) is 0 Å². The van der Waals surface area contributed by atoms with Crippen molar-refractivity contribution in [3.8, 4) is 5.75 Å². The largest absolute Gasteiger partial charge is 0.481 e. The molecule has 8 heteroatoms. The molecule has 1 aliphatic heterocycles. The van der Waals surface area contributed by atoms with Crippen molar-refractivity contribution in [2.24, 2.45) is 5.41 Å². The van der Waals surface area contributed by atoms with Gasteiger partial charge < -0.3 is 19.7 Å². The lowest BCUT2D eigenvalue weighted by Crippen LogP contribution is -2.41. The molecule has 42 heavy (non-hydrogen) atoms. The Labute approximate surface area is 250 Å². The van der Waals surface area contributed by atoms with Gasteiger partial charge in [0.15, 0.2) is 17.7 Å². The van der Waals surface area contributed by atoms with Crippen molar-refractivity contribution in [3.05, 3.63) is 94.1 Å². The van der Waals surface area contributed by atoms with Gasteiger partial charge in [0, 0.05) is 52.3 Å². The Morgan fingerprint density at radius 2 is 1.81 bits per heavy atom. The Morgan fingerprint density at radius 3 is 2.45 bits per heavy atom. The summed E-state index contributed by atoms with van der Waals surface area (Å²) in [6, 6.07) is 20.7. The molecule has 0 spiro atoms. The number of benzene rings is 3. The molecule has 3 aromatic carbocycles. The zero-order valence-corrected chi connectivity index (χ0v) is 25.0. The number of para-hydroxylation sites is 1. The number of anilines is 1. The number of Topliss-reactive ketones (excluding diaryl/α,β-unsaturated/α-hetero) is 2. The molecule has 5 rings (SSSR count). The van der Waals surface area contributed by atoms with E-state index in [0.717, 1.165) is 22.3 Å². The fourth-order valence-electron chi connectivity index (χ4n) is 5.68. The maximum absolute atomic E-state index is 13.5. The second-order valence-electron chi connectivity index (χ2n) is 11.6. The van der Waals surface area contributed by atoms with Gasteiger partial charge in [-0.05, 0) is 74.7 Å². The maximum atomic E-state index is 13.5. The number of carbonyl (C=O) groups is 3. The molecule has 4 aromatic rings. The number of carboxylic acid groups (broad SMARTS) is 1. The lowest BCUT2D eigenvalue weighted by atomic mass is 9.86. The number of hydrogen-bond acceptors (Lipinski definition) is 5. The van der Waals surface area contributed by atoms with Crippen molar-refractivity contribution < 1.29 is 24.2 Å². The van der Waals surface area contributed by atoms with Crippen molar-refractivity contribution in [2.75, 3.05) is 5.32 Å². The van der Waals surface area contributed by atoms with Gasteiger partial charge >= 0.3 is 5.97 Å². The van der Waals surface area contributed by atoms with E-state index in [4.69, 9.17) is 16.3 Å². The minimum Gasteiger partial charge on any atom is -0.481 e. The third kappa shape index (κ3) is 5.79. The van der Waals surface area contributed by atoms with Crippen LogP contribution in [0.15, 0.2) is 66.7 Å². The number of carboxylic acids is 1. The summed E-state index contributed by atoms with van der Waals surface area (Å²) in [5.41, 5.74) is 3.92. The summed E-state index contributed by atoms with van der Waals surface area (Å²) in [6.45, 7) is 7.08. The van der Waals surface area contributed by atoms with Crippen molar-refractivity contribution >= 4 is 45.7 Å². The predicted molar refractivity (Wildman–Crippen MR) is 165 cm³/mol. The first-order valence-corrected chi connectivity index (χ1v) is 14.5. The van der Waals surface area contributed by atoms with E-state index in [2.05, 4.69) is 5.32 Å². The quantitative estimate of drug-likeness (QED) is 0.184. The second kappa shape index (κ2) is 11.6. The third-order valence-corrected chi connectivity index (χ3v) is 8.26. The molecule has 1 aliphatic rings. The maximum Gasteiger partial charge on any atom is 0.309 e. The first-order chi connectivity index (χ1) is 20.0. The summed E-state index contributed by atoms with van der Waals surface area (Å²) in [4.78, 5) is 38.5. The highest BCUT2D eigenvalue weighted by atomic mass is 35.5. The molecule has 0 amide bonds. The van der Waals surface area contributed by atoms with Crippen LogP contribution >= 0.6 is 11.6 Å². The highest BCUT2D eigenvalue weighted by Gasteiger charge is 2.35. The molecule has 2 heterocycles.